The second-order valence-electron chi connectivity index (χ2n) is 4.77. The van der Waals surface area contributed by atoms with Gasteiger partial charge in [-0.1, -0.05) is 35.5 Å². The molecule has 0 saturated carbocycles. The summed E-state index contributed by atoms with van der Waals surface area (Å²) in [7, 11) is 0. The number of nitrogens with zero attached hydrogens (tertiary/aromatic N) is 2. The Labute approximate surface area is 111 Å². The molecule has 100 valence electrons. The van der Waals surface area contributed by atoms with E-state index in [4.69, 9.17) is 15.0 Å². The van der Waals surface area contributed by atoms with Crippen LogP contribution in [0.2, 0.25) is 0 Å². The van der Waals surface area contributed by atoms with Crippen molar-refractivity contribution in [3.05, 3.63) is 47.6 Å². The molecule has 19 heavy (non-hydrogen) atoms. The van der Waals surface area contributed by atoms with E-state index in [-0.39, 0.29) is 6.04 Å². The Morgan fingerprint density at radius 1 is 1.16 bits per heavy atom. The van der Waals surface area contributed by atoms with Gasteiger partial charge in [-0.2, -0.15) is 4.98 Å². The third-order valence-corrected chi connectivity index (χ3v) is 3.47. The summed E-state index contributed by atoms with van der Waals surface area (Å²) in [6, 6.07) is 9.42. The van der Waals surface area contributed by atoms with E-state index in [1.807, 2.05) is 30.3 Å². The molecule has 1 saturated heterocycles. The molecule has 1 atom stereocenters. The fraction of sp³-hybridized carbons (Fsp3) is 0.429. The summed E-state index contributed by atoms with van der Waals surface area (Å²) in [4.78, 5) is 4.45. The fourth-order valence-corrected chi connectivity index (χ4v) is 2.30. The summed E-state index contributed by atoms with van der Waals surface area (Å²) in [5.41, 5.74) is 7.11. The SMILES string of the molecule is N[C@H](c1ccccc1)c1nc(C2CCOCC2)no1. The van der Waals surface area contributed by atoms with Gasteiger partial charge in [0.15, 0.2) is 5.82 Å². The molecule has 1 aromatic carbocycles. The molecule has 0 unspecified atom stereocenters. The summed E-state index contributed by atoms with van der Waals surface area (Å²) in [6.07, 6.45) is 1.89. The van der Waals surface area contributed by atoms with Gasteiger partial charge in [-0.3, -0.25) is 0 Å². The van der Waals surface area contributed by atoms with Crippen molar-refractivity contribution < 1.29 is 9.26 Å². The monoisotopic (exact) mass is 259 g/mol. The second kappa shape index (κ2) is 5.50. The molecule has 3 rings (SSSR count). The molecule has 0 aliphatic carbocycles. The first-order chi connectivity index (χ1) is 9.34. The quantitative estimate of drug-likeness (QED) is 0.912. The molecule has 1 aliphatic rings. The summed E-state index contributed by atoms with van der Waals surface area (Å²) in [6.45, 7) is 1.53. The highest BCUT2D eigenvalue weighted by Gasteiger charge is 2.23. The highest BCUT2D eigenvalue weighted by Crippen LogP contribution is 2.26. The molecular weight excluding hydrogens is 242 g/mol. The molecule has 0 amide bonds. The van der Waals surface area contributed by atoms with Crippen LogP contribution < -0.4 is 5.73 Å². The van der Waals surface area contributed by atoms with Gasteiger partial charge in [0.1, 0.15) is 6.04 Å². The minimum atomic E-state index is -0.359. The Balaban J connectivity index is 1.77. The standard InChI is InChI=1S/C14H17N3O2/c15-12(10-4-2-1-3-5-10)14-16-13(17-19-14)11-6-8-18-9-7-11/h1-5,11-12H,6-9,15H2/t12-/m1/s1. The van der Waals surface area contributed by atoms with Crippen molar-refractivity contribution in [1.29, 1.82) is 0 Å². The van der Waals surface area contributed by atoms with Crippen LogP contribution in [-0.2, 0) is 4.74 Å². The first kappa shape index (κ1) is 12.3. The van der Waals surface area contributed by atoms with Crippen LogP contribution in [-0.4, -0.2) is 23.4 Å². The molecule has 5 heteroatoms. The van der Waals surface area contributed by atoms with Crippen molar-refractivity contribution >= 4 is 0 Å². The van der Waals surface area contributed by atoms with E-state index < -0.39 is 0 Å². The maximum absolute atomic E-state index is 6.14. The van der Waals surface area contributed by atoms with E-state index in [2.05, 4.69) is 10.1 Å². The van der Waals surface area contributed by atoms with Gasteiger partial charge < -0.3 is 15.0 Å². The van der Waals surface area contributed by atoms with E-state index in [1.54, 1.807) is 0 Å². The van der Waals surface area contributed by atoms with Gasteiger partial charge in [0.2, 0.25) is 5.89 Å². The van der Waals surface area contributed by atoms with E-state index in [0.717, 1.165) is 37.4 Å². The van der Waals surface area contributed by atoms with Crippen molar-refractivity contribution in [2.24, 2.45) is 5.73 Å². The van der Waals surface area contributed by atoms with Gasteiger partial charge >= 0.3 is 0 Å². The Morgan fingerprint density at radius 2 is 1.89 bits per heavy atom. The number of hydrogen-bond donors (Lipinski definition) is 1. The van der Waals surface area contributed by atoms with Crippen LogP contribution in [0.25, 0.3) is 0 Å². The van der Waals surface area contributed by atoms with Gasteiger partial charge in [0, 0.05) is 19.1 Å². The van der Waals surface area contributed by atoms with E-state index in [0.29, 0.717) is 11.8 Å². The Hall–Kier alpha value is -1.72. The second-order valence-corrected chi connectivity index (χ2v) is 4.77. The minimum absolute atomic E-state index is 0.328. The van der Waals surface area contributed by atoms with Crippen LogP contribution in [0.3, 0.4) is 0 Å². The van der Waals surface area contributed by atoms with Crippen LogP contribution in [0.5, 0.6) is 0 Å². The van der Waals surface area contributed by atoms with Crippen molar-refractivity contribution in [1.82, 2.24) is 10.1 Å². The van der Waals surface area contributed by atoms with Crippen LogP contribution in [0.1, 0.15) is 42.1 Å². The molecule has 0 radical (unpaired) electrons. The summed E-state index contributed by atoms with van der Waals surface area (Å²) < 4.78 is 10.6. The van der Waals surface area contributed by atoms with Gasteiger partial charge in [-0.15, -0.1) is 0 Å². The van der Waals surface area contributed by atoms with Crippen molar-refractivity contribution in [2.45, 2.75) is 24.8 Å². The van der Waals surface area contributed by atoms with E-state index in [9.17, 15) is 0 Å². The molecule has 0 bridgehead atoms. The highest BCUT2D eigenvalue weighted by atomic mass is 16.5. The Kier molecular flexibility index (Phi) is 3.57. The van der Waals surface area contributed by atoms with Gasteiger partial charge in [-0.25, -0.2) is 0 Å². The fourth-order valence-electron chi connectivity index (χ4n) is 2.30. The number of hydrogen-bond acceptors (Lipinski definition) is 5. The third-order valence-electron chi connectivity index (χ3n) is 3.47. The van der Waals surface area contributed by atoms with Crippen molar-refractivity contribution in [3.8, 4) is 0 Å². The molecule has 1 aliphatic heterocycles. The first-order valence-electron chi connectivity index (χ1n) is 6.56. The lowest BCUT2D eigenvalue weighted by Gasteiger charge is -2.18. The number of benzene rings is 1. The number of aromatic nitrogens is 2. The molecule has 1 aromatic heterocycles. The van der Waals surface area contributed by atoms with Crippen LogP contribution in [0.15, 0.2) is 34.9 Å². The van der Waals surface area contributed by atoms with Crippen molar-refractivity contribution in [3.63, 3.8) is 0 Å². The normalized spacial score (nSPS) is 18.4. The van der Waals surface area contributed by atoms with Crippen LogP contribution in [0, 0.1) is 0 Å². The molecule has 2 aromatic rings. The molecule has 2 heterocycles. The van der Waals surface area contributed by atoms with Crippen LogP contribution in [0.4, 0.5) is 0 Å². The smallest absolute Gasteiger partial charge is 0.248 e. The lowest BCUT2D eigenvalue weighted by atomic mass is 10.00. The lowest BCUT2D eigenvalue weighted by molar-refractivity contribution is 0.0830. The molecular formula is C14H17N3O2. The largest absolute Gasteiger partial charge is 0.381 e. The van der Waals surface area contributed by atoms with Gasteiger partial charge in [0.05, 0.1) is 0 Å². The predicted octanol–water partition coefficient (Wildman–Crippen LogP) is 2.01. The first-order valence-corrected chi connectivity index (χ1v) is 6.56. The number of ether oxygens (including phenoxy) is 1. The predicted molar refractivity (Wildman–Crippen MR) is 69.6 cm³/mol. The molecule has 1 fully saturated rings. The zero-order chi connectivity index (χ0) is 13.1. The van der Waals surface area contributed by atoms with Gasteiger partial charge in [0.25, 0.3) is 0 Å². The van der Waals surface area contributed by atoms with Gasteiger partial charge in [-0.05, 0) is 18.4 Å². The average Bonchev–Trinajstić information content (AvgIpc) is 2.98. The maximum atomic E-state index is 6.14. The topological polar surface area (TPSA) is 74.2 Å². The molecule has 0 spiro atoms. The Morgan fingerprint density at radius 3 is 2.63 bits per heavy atom. The molecule has 2 N–H and O–H groups in total. The highest BCUT2D eigenvalue weighted by molar-refractivity contribution is 5.23. The van der Waals surface area contributed by atoms with Crippen molar-refractivity contribution in [2.75, 3.05) is 13.2 Å². The zero-order valence-corrected chi connectivity index (χ0v) is 10.7. The van der Waals surface area contributed by atoms with E-state index in [1.165, 1.54) is 0 Å². The zero-order valence-electron chi connectivity index (χ0n) is 10.7. The summed E-state index contributed by atoms with van der Waals surface area (Å²) in [5, 5.41) is 4.06. The number of nitrogens with two attached hydrogens (primary N) is 1. The lowest BCUT2D eigenvalue weighted by Crippen LogP contribution is -2.16. The Bertz CT molecular complexity index is 520. The average molecular weight is 259 g/mol. The molecule has 5 nitrogen and oxygen atoms in total. The van der Waals surface area contributed by atoms with E-state index >= 15 is 0 Å². The van der Waals surface area contributed by atoms with Crippen LogP contribution >= 0.6 is 0 Å². The maximum Gasteiger partial charge on any atom is 0.248 e. The summed E-state index contributed by atoms with van der Waals surface area (Å²) >= 11 is 0. The number of rotatable bonds is 3. The summed E-state index contributed by atoms with van der Waals surface area (Å²) in [5.74, 6) is 1.56. The minimum Gasteiger partial charge on any atom is -0.381 e. The third kappa shape index (κ3) is 2.67.